The number of rotatable bonds is 7. The molecular formula is C11H21NO. The van der Waals surface area contributed by atoms with Crippen molar-refractivity contribution in [3.05, 3.63) is 0 Å². The molecule has 2 nitrogen and oxygen atoms in total. The van der Waals surface area contributed by atoms with Crippen molar-refractivity contribution in [2.45, 2.75) is 58.0 Å². The summed E-state index contributed by atoms with van der Waals surface area (Å²) in [5.41, 5.74) is -0.563. The Hall–Kier alpha value is -0.550. The van der Waals surface area contributed by atoms with Crippen molar-refractivity contribution in [3.63, 3.8) is 0 Å². The molecule has 13 heavy (non-hydrogen) atoms. The van der Waals surface area contributed by atoms with E-state index >= 15 is 0 Å². The summed E-state index contributed by atoms with van der Waals surface area (Å²) in [6.07, 6.45) is 7.01. The number of unbranched alkanes of at least 4 members (excludes halogenated alkanes) is 4. The highest BCUT2D eigenvalue weighted by molar-refractivity contribution is 4.97. The minimum absolute atomic E-state index is 0.563. The SMILES string of the molecule is CCCCCCCC(C)(C#N)OC. The van der Waals surface area contributed by atoms with Gasteiger partial charge in [0, 0.05) is 7.11 Å². The summed E-state index contributed by atoms with van der Waals surface area (Å²) < 4.78 is 5.13. The standard InChI is InChI=1S/C11H21NO/c1-4-5-6-7-8-9-11(2,10-12)13-3/h4-9H2,1-3H3. The lowest BCUT2D eigenvalue weighted by Crippen LogP contribution is -2.24. The van der Waals surface area contributed by atoms with E-state index in [0.717, 1.165) is 12.8 Å². The molecule has 0 saturated carbocycles. The molecule has 0 aromatic rings. The summed E-state index contributed by atoms with van der Waals surface area (Å²) in [4.78, 5) is 0. The van der Waals surface area contributed by atoms with Crippen LogP contribution in [0, 0.1) is 11.3 Å². The lowest BCUT2D eigenvalue weighted by Gasteiger charge is -2.18. The first-order valence-corrected chi connectivity index (χ1v) is 5.15. The van der Waals surface area contributed by atoms with Crippen LogP contribution in [0.5, 0.6) is 0 Å². The molecule has 0 N–H and O–H groups in total. The number of nitriles is 1. The molecule has 0 bridgehead atoms. The van der Waals surface area contributed by atoms with Crippen LogP contribution in [0.15, 0.2) is 0 Å². The molecule has 0 saturated heterocycles. The fraction of sp³-hybridized carbons (Fsp3) is 0.909. The number of nitrogens with zero attached hydrogens (tertiary/aromatic N) is 1. The minimum atomic E-state index is -0.563. The largest absolute Gasteiger partial charge is 0.364 e. The van der Waals surface area contributed by atoms with Gasteiger partial charge < -0.3 is 4.74 Å². The van der Waals surface area contributed by atoms with Crippen molar-refractivity contribution in [2.24, 2.45) is 0 Å². The van der Waals surface area contributed by atoms with E-state index in [9.17, 15) is 0 Å². The predicted octanol–water partition coefficient (Wildman–Crippen LogP) is 3.28. The van der Waals surface area contributed by atoms with E-state index in [1.54, 1.807) is 7.11 Å². The van der Waals surface area contributed by atoms with Gasteiger partial charge in [0.15, 0.2) is 5.60 Å². The Kier molecular flexibility index (Phi) is 6.62. The normalized spacial score (nSPS) is 14.9. The summed E-state index contributed by atoms with van der Waals surface area (Å²) in [5.74, 6) is 0. The van der Waals surface area contributed by atoms with Crippen molar-refractivity contribution in [1.29, 1.82) is 5.26 Å². The van der Waals surface area contributed by atoms with Crippen LogP contribution in [0.25, 0.3) is 0 Å². The molecule has 0 spiro atoms. The third kappa shape index (κ3) is 5.65. The Bertz CT molecular complexity index is 162. The maximum atomic E-state index is 8.81. The van der Waals surface area contributed by atoms with Crippen LogP contribution in [0.3, 0.4) is 0 Å². The second-order valence-corrected chi connectivity index (χ2v) is 3.71. The first kappa shape index (κ1) is 12.4. The van der Waals surface area contributed by atoms with Gasteiger partial charge in [-0.25, -0.2) is 0 Å². The van der Waals surface area contributed by atoms with E-state index in [2.05, 4.69) is 13.0 Å². The second-order valence-electron chi connectivity index (χ2n) is 3.71. The summed E-state index contributed by atoms with van der Waals surface area (Å²) in [7, 11) is 1.61. The Balaban J connectivity index is 3.46. The zero-order chi connectivity index (χ0) is 10.2. The quantitative estimate of drug-likeness (QED) is 0.567. The Morgan fingerprint density at radius 1 is 1.23 bits per heavy atom. The molecule has 0 aliphatic rings. The van der Waals surface area contributed by atoms with Crippen molar-refractivity contribution < 1.29 is 4.74 Å². The molecule has 0 heterocycles. The Morgan fingerprint density at radius 2 is 1.85 bits per heavy atom. The van der Waals surface area contributed by atoms with E-state index in [4.69, 9.17) is 10.00 Å². The van der Waals surface area contributed by atoms with Gasteiger partial charge in [-0.3, -0.25) is 0 Å². The van der Waals surface area contributed by atoms with Crippen LogP contribution in [-0.2, 0) is 4.74 Å². The molecule has 1 unspecified atom stereocenters. The summed E-state index contributed by atoms with van der Waals surface area (Å²) in [6, 6.07) is 2.20. The van der Waals surface area contributed by atoms with Gasteiger partial charge in [0.1, 0.15) is 0 Å². The molecule has 0 aromatic heterocycles. The van der Waals surface area contributed by atoms with Crippen LogP contribution in [0.1, 0.15) is 52.4 Å². The van der Waals surface area contributed by atoms with E-state index in [0.29, 0.717) is 0 Å². The molecule has 0 rings (SSSR count). The predicted molar refractivity (Wildman–Crippen MR) is 54.4 cm³/mol. The summed E-state index contributed by atoms with van der Waals surface area (Å²) in [5, 5.41) is 8.81. The highest BCUT2D eigenvalue weighted by Crippen LogP contribution is 2.17. The van der Waals surface area contributed by atoms with Gasteiger partial charge in [-0.15, -0.1) is 0 Å². The van der Waals surface area contributed by atoms with Gasteiger partial charge in [0.25, 0.3) is 0 Å². The first-order chi connectivity index (χ1) is 6.18. The highest BCUT2D eigenvalue weighted by atomic mass is 16.5. The third-order valence-corrected chi connectivity index (χ3v) is 2.44. The minimum Gasteiger partial charge on any atom is -0.364 e. The fourth-order valence-electron chi connectivity index (χ4n) is 1.27. The van der Waals surface area contributed by atoms with E-state index in [1.807, 2.05) is 6.92 Å². The Morgan fingerprint density at radius 3 is 2.31 bits per heavy atom. The molecule has 1 atom stereocenters. The van der Waals surface area contributed by atoms with Gasteiger partial charge in [0.2, 0.25) is 0 Å². The summed E-state index contributed by atoms with van der Waals surface area (Å²) in [6.45, 7) is 4.06. The maximum absolute atomic E-state index is 8.81. The van der Waals surface area contributed by atoms with Crippen molar-refractivity contribution in [1.82, 2.24) is 0 Å². The smallest absolute Gasteiger partial charge is 0.151 e. The maximum Gasteiger partial charge on any atom is 0.151 e. The molecule has 0 fully saturated rings. The van der Waals surface area contributed by atoms with Gasteiger partial charge in [-0.1, -0.05) is 32.6 Å². The molecule has 0 amide bonds. The lowest BCUT2D eigenvalue weighted by atomic mass is 9.99. The van der Waals surface area contributed by atoms with Crippen LogP contribution in [0.2, 0.25) is 0 Å². The zero-order valence-electron chi connectivity index (χ0n) is 9.10. The summed E-state index contributed by atoms with van der Waals surface area (Å²) >= 11 is 0. The first-order valence-electron chi connectivity index (χ1n) is 5.15. The molecule has 0 aromatic carbocycles. The number of methoxy groups -OCH3 is 1. The molecular weight excluding hydrogens is 162 g/mol. The topological polar surface area (TPSA) is 33.0 Å². The molecule has 0 aliphatic heterocycles. The average Bonchev–Trinajstić information content (AvgIpc) is 2.17. The van der Waals surface area contributed by atoms with Crippen LogP contribution >= 0.6 is 0 Å². The highest BCUT2D eigenvalue weighted by Gasteiger charge is 2.21. The average molecular weight is 183 g/mol. The van der Waals surface area contributed by atoms with Gasteiger partial charge in [0.05, 0.1) is 6.07 Å². The molecule has 76 valence electrons. The van der Waals surface area contributed by atoms with Gasteiger partial charge >= 0.3 is 0 Å². The van der Waals surface area contributed by atoms with Gasteiger partial charge in [-0.2, -0.15) is 5.26 Å². The number of hydrogen-bond acceptors (Lipinski definition) is 2. The van der Waals surface area contributed by atoms with Crippen molar-refractivity contribution >= 4 is 0 Å². The van der Waals surface area contributed by atoms with E-state index < -0.39 is 5.60 Å². The van der Waals surface area contributed by atoms with Crippen LogP contribution in [0.4, 0.5) is 0 Å². The van der Waals surface area contributed by atoms with Crippen LogP contribution in [-0.4, -0.2) is 12.7 Å². The molecule has 0 aliphatic carbocycles. The molecule has 2 heteroatoms. The van der Waals surface area contributed by atoms with E-state index in [1.165, 1.54) is 25.7 Å². The van der Waals surface area contributed by atoms with Crippen LogP contribution < -0.4 is 0 Å². The van der Waals surface area contributed by atoms with E-state index in [-0.39, 0.29) is 0 Å². The number of hydrogen-bond donors (Lipinski definition) is 0. The second kappa shape index (κ2) is 6.91. The van der Waals surface area contributed by atoms with Crippen molar-refractivity contribution in [3.8, 4) is 6.07 Å². The van der Waals surface area contributed by atoms with Gasteiger partial charge in [-0.05, 0) is 19.8 Å². The fourth-order valence-corrected chi connectivity index (χ4v) is 1.27. The number of ether oxygens (including phenoxy) is 1. The Labute approximate surface area is 81.9 Å². The molecule has 0 radical (unpaired) electrons. The zero-order valence-corrected chi connectivity index (χ0v) is 9.10. The monoisotopic (exact) mass is 183 g/mol. The lowest BCUT2D eigenvalue weighted by molar-refractivity contribution is 0.0458. The van der Waals surface area contributed by atoms with Crippen molar-refractivity contribution in [2.75, 3.05) is 7.11 Å². The third-order valence-electron chi connectivity index (χ3n) is 2.44.